The summed E-state index contributed by atoms with van der Waals surface area (Å²) in [6.07, 6.45) is 0.973. The van der Waals surface area contributed by atoms with Gasteiger partial charge in [-0.05, 0) is 16.8 Å². The van der Waals surface area contributed by atoms with Gasteiger partial charge in [-0.15, -0.1) is 0 Å². The average molecular weight is 185 g/mol. The van der Waals surface area contributed by atoms with Crippen molar-refractivity contribution < 1.29 is 4.74 Å². The Hall–Kier alpha value is -1.17. The zero-order valence-electron chi connectivity index (χ0n) is 8.19. The van der Waals surface area contributed by atoms with Crippen molar-refractivity contribution in [2.45, 2.75) is 19.4 Å². The van der Waals surface area contributed by atoms with Crippen LogP contribution < -0.4 is 5.32 Å². The van der Waals surface area contributed by atoms with E-state index in [4.69, 9.17) is 4.74 Å². The summed E-state index contributed by atoms with van der Waals surface area (Å²) in [4.78, 5) is 0. The summed E-state index contributed by atoms with van der Waals surface area (Å²) >= 11 is 0. The van der Waals surface area contributed by atoms with Gasteiger partial charge in [-0.25, -0.2) is 4.68 Å². The highest BCUT2D eigenvalue weighted by molar-refractivity contribution is 5.22. The van der Waals surface area contributed by atoms with Gasteiger partial charge < -0.3 is 10.1 Å². The van der Waals surface area contributed by atoms with Crippen LogP contribution in [-0.4, -0.2) is 40.0 Å². The lowest BCUT2D eigenvalue weighted by Crippen LogP contribution is -2.25. The van der Waals surface area contributed by atoms with Gasteiger partial charge in [-0.2, -0.15) is 0 Å². The van der Waals surface area contributed by atoms with Crippen LogP contribution in [0.4, 0.5) is 5.95 Å². The summed E-state index contributed by atoms with van der Waals surface area (Å²) < 4.78 is 6.64. The normalized spacial score (nSPS) is 12.8. The van der Waals surface area contributed by atoms with Crippen molar-refractivity contribution in [3.63, 3.8) is 0 Å². The fourth-order valence-electron chi connectivity index (χ4n) is 0.997. The molecule has 0 aliphatic heterocycles. The molecule has 1 rings (SSSR count). The third kappa shape index (κ3) is 2.66. The Morgan fingerprint density at radius 3 is 2.85 bits per heavy atom. The molecule has 0 aliphatic rings. The topological polar surface area (TPSA) is 64.9 Å². The lowest BCUT2D eigenvalue weighted by molar-refractivity contribution is 0.184. The van der Waals surface area contributed by atoms with Gasteiger partial charge in [0.25, 0.3) is 0 Å². The van der Waals surface area contributed by atoms with Crippen LogP contribution in [0.3, 0.4) is 0 Å². The Morgan fingerprint density at radius 2 is 2.38 bits per heavy atom. The number of aromatic nitrogens is 4. The molecule has 6 heteroatoms. The number of aryl methyl sites for hydroxylation is 1. The highest BCUT2D eigenvalue weighted by Gasteiger charge is 2.08. The molecule has 6 nitrogen and oxygen atoms in total. The lowest BCUT2D eigenvalue weighted by atomic mass is 10.2. The predicted octanol–water partition coefficient (Wildman–Crippen LogP) is 0.0470. The minimum absolute atomic E-state index is 0.259. The van der Waals surface area contributed by atoms with E-state index in [1.54, 1.807) is 18.8 Å². The van der Waals surface area contributed by atoms with Crippen molar-refractivity contribution >= 4 is 5.95 Å². The maximum Gasteiger partial charge on any atom is 0.242 e. The quantitative estimate of drug-likeness (QED) is 0.702. The second-order valence-electron chi connectivity index (χ2n) is 2.83. The number of tetrazole rings is 1. The first-order chi connectivity index (χ1) is 6.27. The highest BCUT2D eigenvalue weighted by Crippen LogP contribution is 2.02. The molecule has 0 amide bonds. The number of rotatable bonds is 5. The molecule has 1 N–H and O–H groups in total. The molecule has 1 heterocycles. The highest BCUT2D eigenvalue weighted by atomic mass is 16.5. The van der Waals surface area contributed by atoms with Gasteiger partial charge in [0.05, 0.1) is 12.6 Å². The summed E-state index contributed by atoms with van der Waals surface area (Å²) in [6.45, 7) is 2.74. The Kier molecular flexibility index (Phi) is 3.63. The first kappa shape index (κ1) is 9.91. The van der Waals surface area contributed by atoms with E-state index in [-0.39, 0.29) is 6.04 Å². The lowest BCUT2D eigenvalue weighted by Gasteiger charge is -2.14. The van der Waals surface area contributed by atoms with Crippen LogP contribution >= 0.6 is 0 Å². The van der Waals surface area contributed by atoms with E-state index in [0.717, 1.165) is 6.42 Å². The summed E-state index contributed by atoms with van der Waals surface area (Å²) in [5, 5.41) is 14.2. The monoisotopic (exact) mass is 185 g/mol. The Morgan fingerprint density at radius 1 is 1.62 bits per heavy atom. The van der Waals surface area contributed by atoms with Crippen molar-refractivity contribution in [1.29, 1.82) is 0 Å². The number of anilines is 1. The Balaban J connectivity index is 2.51. The van der Waals surface area contributed by atoms with E-state index in [1.807, 2.05) is 0 Å². The van der Waals surface area contributed by atoms with Crippen LogP contribution in [0, 0.1) is 0 Å². The van der Waals surface area contributed by atoms with E-state index in [9.17, 15) is 0 Å². The zero-order chi connectivity index (χ0) is 9.68. The summed E-state index contributed by atoms with van der Waals surface area (Å²) in [6, 6.07) is 0.259. The van der Waals surface area contributed by atoms with Crippen molar-refractivity contribution in [2.75, 3.05) is 19.0 Å². The van der Waals surface area contributed by atoms with Gasteiger partial charge in [0.15, 0.2) is 0 Å². The molecule has 1 aromatic rings. The van der Waals surface area contributed by atoms with Gasteiger partial charge >= 0.3 is 0 Å². The van der Waals surface area contributed by atoms with Gasteiger partial charge in [-0.3, -0.25) is 0 Å². The number of hydrogen-bond donors (Lipinski definition) is 1. The fourth-order valence-corrected chi connectivity index (χ4v) is 0.997. The number of hydrogen-bond acceptors (Lipinski definition) is 5. The third-order valence-corrected chi connectivity index (χ3v) is 1.81. The molecule has 74 valence electrons. The minimum Gasteiger partial charge on any atom is -0.383 e. The number of nitrogens with one attached hydrogen (secondary N) is 1. The SMILES string of the molecule is CCC(COC)Nc1nnnn1C. The molecule has 0 bridgehead atoms. The largest absolute Gasteiger partial charge is 0.383 e. The smallest absolute Gasteiger partial charge is 0.242 e. The van der Waals surface area contributed by atoms with Gasteiger partial charge in [0.1, 0.15) is 0 Å². The molecule has 1 atom stereocenters. The number of nitrogens with zero attached hydrogens (tertiary/aromatic N) is 4. The molecule has 0 radical (unpaired) electrons. The molecule has 0 saturated carbocycles. The van der Waals surface area contributed by atoms with Crippen LogP contribution in [0.2, 0.25) is 0 Å². The Bertz CT molecular complexity index is 249. The predicted molar refractivity (Wildman–Crippen MR) is 48.4 cm³/mol. The van der Waals surface area contributed by atoms with Crippen molar-refractivity contribution in [1.82, 2.24) is 20.2 Å². The molecule has 0 aliphatic carbocycles. The first-order valence-corrected chi connectivity index (χ1v) is 4.25. The summed E-state index contributed by atoms with van der Waals surface area (Å²) in [7, 11) is 3.47. The number of methoxy groups -OCH3 is 1. The van der Waals surface area contributed by atoms with E-state index in [2.05, 4.69) is 27.8 Å². The van der Waals surface area contributed by atoms with Crippen molar-refractivity contribution in [3.8, 4) is 0 Å². The molecule has 0 saturated heterocycles. The summed E-state index contributed by atoms with van der Waals surface area (Å²) in [5.74, 6) is 0.670. The van der Waals surface area contributed by atoms with Gasteiger partial charge in [0, 0.05) is 14.2 Å². The molecule has 1 aromatic heterocycles. The van der Waals surface area contributed by atoms with Crippen molar-refractivity contribution in [3.05, 3.63) is 0 Å². The van der Waals surface area contributed by atoms with E-state index in [0.29, 0.717) is 12.6 Å². The average Bonchev–Trinajstić information content (AvgIpc) is 2.51. The standard InChI is InChI=1S/C7H15N5O/c1-4-6(5-13-3)8-7-9-10-11-12(7)2/h6H,4-5H2,1-3H3,(H,8,9,11). The molecular formula is C7H15N5O. The van der Waals surface area contributed by atoms with E-state index in [1.165, 1.54) is 0 Å². The minimum atomic E-state index is 0.259. The second kappa shape index (κ2) is 4.76. The molecule has 0 aromatic carbocycles. The van der Waals surface area contributed by atoms with E-state index >= 15 is 0 Å². The van der Waals surface area contributed by atoms with Gasteiger partial charge in [0.2, 0.25) is 5.95 Å². The molecule has 13 heavy (non-hydrogen) atoms. The maximum atomic E-state index is 5.04. The molecule has 0 fully saturated rings. The van der Waals surface area contributed by atoms with Crippen LogP contribution in [0.5, 0.6) is 0 Å². The van der Waals surface area contributed by atoms with E-state index < -0.39 is 0 Å². The second-order valence-corrected chi connectivity index (χ2v) is 2.83. The van der Waals surface area contributed by atoms with Crippen molar-refractivity contribution in [2.24, 2.45) is 7.05 Å². The van der Waals surface area contributed by atoms with Gasteiger partial charge in [-0.1, -0.05) is 12.0 Å². The maximum absolute atomic E-state index is 5.04. The third-order valence-electron chi connectivity index (χ3n) is 1.81. The van der Waals surface area contributed by atoms with Crippen LogP contribution in [0.15, 0.2) is 0 Å². The number of ether oxygens (including phenoxy) is 1. The van der Waals surface area contributed by atoms with Crippen LogP contribution in [0.25, 0.3) is 0 Å². The molecular weight excluding hydrogens is 170 g/mol. The zero-order valence-corrected chi connectivity index (χ0v) is 8.19. The fraction of sp³-hybridized carbons (Fsp3) is 0.857. The Labute approximate surface area is 77.3 Å². The van der Waals surface area contributed by atoms with Crippen LogP contribution in [-0.2, 0) is 11.8 Å². The molecule has 0 spiro atoms. The summed E-state index contributed by atoms with van der Waals surface area (Å²) in [5.41, 5.74) is 0. The van der Waals surface area contributed by atoms with Crippen LogP contribution in [0.1, 0.15) is 13.3 Å². The molecule has 1 unspecified atom stereocenters. The first-order valence-electron chi connectivity index (χ1n) is 4.25.